The standard InChI is InChI=1S/C6H8NO2S/c1-6(2)3-7-4(10-6)5(8)9/h4H,1-2H3,(H,8,9)/q-1/t4-/m0/s1. The molecule has 0 aromatic carbocycles. The molecule has 0 saturated heterocycles. The van der Waals surface area contributed by atoms with E-state index in [-0.39, 0.29) is 4.75 Å². The summed E-state index contributed by atoms with van der Waals surface area (Å²) < 4.78 is -0.233. The fourth-order valence-electron chi connectivity index (χ4n) is 0.651. The van der Waals surface area contributed by atoms with Gasteiger partial charge in [-0.1, -0.05) is 13.8 Å². The van der Waals surface area contributed by atoms with Gasteiger partial charge in [0.1, 0.15) is 0 Å². The molecule has 0 aromatic rings. The lowest BCUT2D eigenvalue weighted by Gasteiger charge is -2.23. The molecule has 0 fully saturated rings. The lowest BCUT2D eigenvalue weighted by Crippen LogP contribution is -2.16. The molecule has 0 bridgehead atoms. The molecular weight excluding hydrogens is 150 g/mol. The monoisotopic (exact) mass is 158 g/mol. The number of carbonyl (C=O) groups is 1. The summed E-state index contributed by atoms with van der Waals surface area (Å²) in [7, 11) is 0. The Kier molecular flexibility index (Phi) is 1.72. The third-order valence-electron chi connectivity index (χ3n) is 1.07. The summed E-state index contributed by atoms with van der Waals surface area (Å²) >= 11 is 1.30. The number of aliphatic imine (C=N–C) groups is 1. The highest BCUT2D eigenvalue weighted by Gasteiger charge is 2.22. The molecule has 4 heteroatoms. The minimum absolute atomic E-state index is 0.233. The van der Waals surface area contributed by atoms with Crippen LogP contribution in [-0.4, -0.2) is 27.4 Å². The molecule has 0 radical (unpaired) electrons. The second-order valence-electron chi connectivity index (χ2n) is 2.56. The van der Waals surface area contributed by atoms with E-state index in [4.69, 9.17) is 5.11 Å². The molecule has 1 aliphatic heterocycles. The SMILES string of the molecule is CC1(C)[C-]=N[C@H](C(=O)O)S1. The second kappa shape index (κ2) is 2.27. The van der Waals surface area contributed by atoms with E-state index in [1.807, 2.05) is 13.8 Å². The molecule has 1 aliphatic rings. The van der Waals surface area contributed by atoms with E-state index in [1.54, 1.807) is 0 Å². The average Bonchev–Trinajstić information content (AvgIpc) is 2.10. The van der Waals surface area contributed by atoms with E-state index in [9.17, 15) is 4.79 Å². The molecule has 0 amide bonds. The van der Waals surface area contributed by atoms with Gasteiger partial charge in [0, 0.05) is 0 Å². The van der Waals surface area contributed by atoms with Crippen molar-refractivity contribution in [2.75, 3.05) is 0 Å². The lowest BCUT2D eigenvalue weighted by molar-refractivity contribution is -0.136. The van der Waals surface area contributed by atoms with Crippen molar-refractivity contribution >= 4 is 23.9 Å². The number of rotatable bonds is 1. The first-order chi connectivity index (χ1) is 4.51. The first-order valence-electron chi connectivity index (χ1n) is 2.89. The maximum Gasteiger partial charge on any atom is 0.335 e. The predicted octanol–water partition coefficient (Wildman–Crippen LogP) is 0.870. The maximum absolute atomic E-state index is 10.3. The van der Waals surface area contributed by atoms with Crippen LogP contribution in [0.15, 0.2) is 4.99 Å². The lowest BCUT2D eigenvalue weighted by atomic mass is 10.2. The Bertz CT molecular complexity index is 188. The quantitative estimate of drug-likeness (QED) is 0.576. The molecule has 1 N–H and O–H groups in total. The first-order valence-corrected chi connectivity index (χ1v) is 3.77. The summed E-state index contributed by atoms with van der Waals surface area (Å²) in [5, 5.41) is 7.85. The van der Waals surface area contributed by atoms with Gasteiger partial charge in [-0.25, -0.2) is 4.79 Å². The van der Waals surface area contributed by atoms with Gasteiger partial charge in [0.15, 0.2) is 5.37 Å². The zero-order valence-electron chi connectivity index (χ0n) is 5.79. The van der Waals surface area contributed by atoms with Crippen LogP contribution in [0.5, 0.6) is 0 Å². The number of carboxylic acids is 1. The van der Waals surface area contributed by atoms with Crippen molar-refractivity contribution in [3.63, 3.8) is 0 Å². The predicted molar refractivity (Wildman–Crippen MR) is 40.5 cm³/mol. The van der Waals surface area contributed by atoms with Crippen molar-refractivity contribution in [1.82, 2.24) is 0 Å². The van der Waals surface area contributed by atoms with Crippen LogP contribution < -0.4 is 0 Å². The third kappa shape index (κ3) is 1.50. The van der Waals surface area contributed by atoms with Crippen molar-refractivity contribution < 1.29 is 9.90 Å². The Balaban J connectivity index is 2.62. The van der Waals surface area contributed by atoms with Crippen molar-refractivity contribution in [2.24, 2.45) is 4.99 Å². The summed E-state index contributed by atoms with van der Waals surface area (Å²) in [6.45, 7) is 3.79. The van der Waals surface area contributed by atoms with Gasteiger partial charge < -0.3 is 16.3 Å². The first kappa shape index (κ1) is 7.60. The molecule has 0 saturated carbocycles. The highest BCUT2D eigenvalue weighted by atomic mass is 32.2. The van der Waals surface area contributed by atoms with E-state index in [2.05, 4.69) is 11.2 Å². The third-order valence-corrected chi connectivity index (χ3v) is 2.28. The number of nitrogens with zero attached hydrogens (tertiary/aromatic N) is 1. The Morgan fingerprint density at radius 2 is 2.40 bits per heavy atom. The Hall–Kier alpha value is -0.510. The van der Waals surface area contributed by atoms with Gasteiger partial charge >= 0.3 is 5.97 Å². The van der Waals surface area contributed by atoms with Crippen LogP contribution in [0.2, 0.25) is 0 Å². The van der Waals surface area contributed by atoms with Crippen LogP contribution in [0.25, 0.3) is 0 Å². The summed E-state index contributed by atoms with van der Waals surface area (Å²) in [5.74, 6) is -0.886. The highest BCUT2D eigenvalue weighted by Crippen LogP contribution is 2.33. The van der Waals surface area contributed by atoms with Gasteiger partial charge in [0.05, 0.1) is 0 Å². The van der Waals surface area contributed by atoms with E-state index in [0.29, 0.717) is 0 Å². The van der Waals surface area contributed by atoms with Crippen molar-refractivity contribution in [3.05, 3.63) is 0 Å². The fraction of sp³-hybridized carbons (Fsp3) is 0.667. The van der Waals surface area contributed by atoms with Crippen LogP contribution in [-0.2, 0) is 4.79 Å². The van der Waals surface area contributed by atoms with Gasteiger partial charge in [-0.15, -0.1) is 4.75 Å². The summed E-state index contributed by atoms with van der Waals surface area (Å²) in [4.78, 5) is 14.0. The molecule has 0 aliphatic carbocycles. The molecule has 1 rings (SSSR count). The Labute approximate surface area is 63.5 Å². The van der Waals surface area contributed by atoms with Gasteiger partial charge in [0.2, 0.25) is 0 Å². The van der Waals surface area contributed by atoms with Crippen LogP contribution in [0.1, 0.15) is 13.8 Å². The number of hydrogen-bond donors (Lipinski definition) is 1. The molecule has 0 aromatic heterocycles. The number of aliphatic carboxylic acids is 1. The molecule has 1 heterocycles. The molecule has 56 valence electrons. The smallest absolute Gasteiger partial charge is 0.335 e. The summed E-state index contributed by atoms with van der Waals surface area (Å²) in [6, 6.07) is 0. The van der Waals surface area contributed by atoms with Crippen LogP contribution >= 0.6 is 11.8 Å². The number of thioether (sulfide) groups is 1. The van der Waals surface area contributed by atoms with Gasteiger partial charge in [-0.05, 0) is 0 Å². The summed E-state index contributed by atoms with van der Waals surface area (Å²) in [6.07, 6.45) is 2.73. The van der Waals surface area contributed by atoms with Gasteiger partial charge in [0.25, 0.3) is 0 Å². The van der Waals surface area contributed by atoms with Crippen molar-refractivity contribution in [2.45, 2.75) is 24.0 Å². The van der Waals surface area contributed by atoms with Crippen LogP contribution in [0.4, 0.5) is 0 Å². The average molecular weight is 158 g/mol. The Morgan fingerprint density at radius 3 is 2.60 bits per heavy atom. The number of hydrogen-bond acceptors (Lipinski definition) is 3. The topological polar surface area (TPSA) is 49.7 Å². The fourth-order valence-corrected chi connectivity index (χ4v) is 1.52. The Morgan fingerprint density at radius 1 is 1.80 bits per heavy atom. The molecule has 3 nitrogen and oxygen atoms in total. The second-order valence-corrected chi connectivity index (χ2v) is 4.26. The molecule has 1 atom stereocenters. The zero-order chi connectivity index (χ0) is 7.78. The molecular formula is C6H8NO2S-. The van der Waals surface area contributed by atoms with Crippen molar-refractivity contribution in [3.8, 4) is 0 Å². The maximum atomic E-state index is 10.3. The van der Waals surface area contributed by atoms with Gasteiger partial charge in [-0.3, -0.25) is 0 Å². The molecule has 0 unspecified atom stereocenters. The molecule has 0 spiro atoms. The van der Waals surface area contributed by atoms with E-state index in [0.717, 1.165) is 0 Å². The van der Waals surface area contributed by atoms with Gasteiger partial charge in [-0.2, -0.15) is 11.8 Å². The van der Waals surface area contributed by atoms with E-state index < -0.39 is 11.3 Å². The normalized spacial score (nSPS) is 28.8. The summed E-state index contributed by atoms with van der Waals surface area (Å²) in [5.41, 5.74) is 0. The van der Waals surface area contributed by atoms with Crippen LogP contribution in [0.3, 0.4) is 0 Å². The minimum atomic E-state index is -0.886. The largest absolute Gasteiger partial charge is 0.481 e. The van der Waals surface area contributed by atoms with E-state index in [1.165, 1.54) is 11.8 Å². The van der Waals surface area contributed by atoms with E-state index >= 15 is 0 Å². The minimum Gasteiger partial charge on any atom is -0.481 e. The number of carboxylic acid groups (broad SMARTS) is 1. The molecule has 10 heavy (non-hydrogen) atoms. The highest BCUT2D eigenvalue weighted by molar-refractivity contribution is 8.02. The van der Waals surface area contributed by atoms with Crippen molar-refractivity contribution in [1.29, 1.82) is 0 Å². The zero-order valence-corrected chi connectivity index (χ0v) is 6.60. The van der Waals surface area contributed by atoms with Crippen LogP contribution in [0, 0.1) is 0 Å².